The number of pyridine rings is 3. The minimum absolute atomic E-state index is 0. The number of anilines is 1. The van der Waals surface area contributed by atoms with E-state index in [0.717, 1.165) is 6.07 Å². The number of hydrogen-bond donors (Lipinski definition) is 1. The summed E-state index contributed by atoms with van der Waals surface area (Å²) in [7, 11) is 3.25. The molecule has 38 heavy (non-hydrogen) atoms. The summed E-state index contributed by atoms with van der Waals surface area (Å²) in [5.74, 6) is -0.575. The molecule has 0 saturated heterocycles. The normalized spacial score (nSPS) is 10.5. The predicted molar refractivity (Wildman–Crippen MR) is 145 cm³/mol. The van der Waals surface area contributed by atoms with E-state index in [1.807, 2.05) is 18.2 Å². The number of rotatable bonds is 6. The van der Waals surface area contributed by atoms with Crippen molar-refractivity contribution in [3.8, 4) is 28.4 Å². The van der Waals surface area contributed by atoms with Crippen molar-refractivity contribution in [2.75, 3.05) is 12.4 Å². The highest BCUT2D eigenvalue weighted by Gasteiger charge is 2.17. The van der Waals surface area contributed by atoms with Gasteiger partial charge in [0.1, 0.15) is 16.8 Å². The van der Waals surface area contributed by atoms with Crippen molar-refractivity contribution in [1.29, 1.82) is 0 Å². The van der Waals surface area contributed by atoms with Gasteiger partial charge in [-0.15, -0.1) is 12.4 Å². The van der Waals surface area contributed by atoms with E-state index in [2.05, 4.69) is 15.3 Å². The van der Waals surface area contributed by atoms with Gasteiger partial charge in [-0.1, -0.05) is 30.3 Å². The van der Waals surface area contributed by atoms with Gasteiger partial charge in [0.05, 0.1) is 18.8 Å². The third-order valence-electron chi connectivity index (χ3n) is 5.64. The highest BCUT2D eigenvalue weighted by atomic mass is 35.5. The van der Waals surface area contributed by atoms with Crippen LogP contribution in [0.5, 0.6) is 17.2 Å². The zero-order valence-electron chi connectivity index (χ0n) is 20.3. The number of aromatic nitrogens is 3. The summed E-state index contributed by atoms with van der Waals surface area (Å²) < 4.78 is 27.5. The number of aryl methyl sites for hydroxylation is 1. The quantitative estimate of drug-likeness (QED) is 0.305. The standard InChI is InChI=1S/C28H21FN4O4.ClH/c1-33-15-20(17-6-4-3-5-7-17)27(34)21(16-33)28(35)32-18-8-9-24(22(29)12-18)37-25-10-11-30-23-13-19(36-2)14-31-26(23)25;/h3-16H,1-2H3,(H,32,35);1H. The van der Waals surface area contributed by atoms with Crippen LogP contribution in [0, 0.1) is 5.82 Å². The van der Waals surface area contributed by atoms with Crippen LogP contribution in [0.2, 0.25) is 0 Å². The summed E-state index contributed by atoms with van der Waals surface area (Å²) in [5.41, 5.74) is 1.74. The Balaban J connectivity index is 0.00000336. The molecule has 0 unspecified atom stereocenters. The molecule has 0 fully saturated rings. The van der Waals surface area contributed by atoms with E-state index in [0.29, 0.717) is 33.7 Å². The van der Waals surface area contributed by atoms with Gasteiger partial charge < -0.3 is 19.4 Å². The fraction of sp³-hybridized carbons (Fsp3) is 0.0714. The summed E-state index contributed by atoms with van der Waals surface area (Å²) in [5, 5.41) is 2.60. The third kappa shape index (κ3) is 5.33. The highest BCUT2D eigenvalue weighted by Crippen LogP contribution is 2.31. The van der Waals surface area contributed by atoms with Gasteiger partial charge in [-0.05, 0) is 17.7 Å². The molecule has 8 nitrogen and oxygen atoms in total. The molecule has 3 heterocycles. The Morgan fingerprint density at radius 3 is 2.53 bits per heavy atom. The summed E-state index contributed by atoms with van der Waals surface area (Å²) in [6.45, 7) is 0. The van der Waals surface area contributed by atoms with Crippen LogP contribution in [-0.2, 0) is 7.05 Å². The monoisotopic (exact) mass is 532 g/mol. The fourth-order valence-corrected chi connectivity index (χ4v) is 3.85. The maximum atomic E-state index is 14.9. The summed E-state index contributed by atoms with van der Waals surface area (Å²) in [4.78, 5) is 34.5. The Morgan fingerprint density at radius 1 is 1.00 bits per heavy atom. The van der Waals surface area contributed by atoms with E-state index in [4.69, 9.17) is 9.47 Å². The number of fused-ring (bicyclic) bond motifs is 1. The SMILES string of the molecule is COc1cnc2c(Oc3ccc(NC(=O)c4cn(C)cc(-c5ccccc5)c4=O)cc3F)ccnc2c1.Cl. The van der Waals surface area contributed by atoms with Gasteiger partial charge in [0.15, 0.2) is 17.3 Å². The molecule has 5 aromatic rings. The molecule has 3 aromatic heterocycles. The van der Waals surface area contributed by atoms with Crippen molar-refractivity contribution in [3.63, 3.8) is 0 Å². The van der Waals surface area contributed by atoms with E-state index in [-0.39, 0.29) is 29.4 Å². The lowest BCUT2D eigenvalue weighted by molar-refractivity contribution is 0.102. The Morgan fingerprint density at radius 2 is 1.79 bits per heavy atom. The average molecular weight is 533 g/mol. The van der Waals surface area contributed by atoms with Crippen molar-refractivity contribution in [2.24, 2.45) is 7.05 Å². The fourth-order valence-electron chi connectivity index (χ4n) is 3.85. The van der Waals surface area contributed by atoms with Gasteiger partial charge in [0.2, 0.25) is 5.43 Å². The molecule has 5 rings (SSSR count). The van der Waals surface area contributed by atoms with Gasteiger partial charge >= 0.3 is 0 Å². The van der Waals surface area contributed by atoms with Crippen molar-refractivity contribution >= 4 is 35.0 Å². The van der Waals surface area contributed by atoms with Crippen LogP contribution < -0.4 is 20.2 Å². The molecule has 192 valence electrons. The zero-order valence-corrected chi connectivity index (χ0v) is 21.2. The molecule has 10 heteroatoms. The van der Waals surface area contributed by atoms with Crippen LogP contribution in [0.3, 0.4) is 0 Å². The van der Waals surface area contributed by atoms with Gasteiger partial charge in [-0.2, -0.15) is 0 Å². The number of methoxy groups -OCH3 is 1. The molecule has 0 atom stereocenters. The first-order chi connectivity index (χ1) is 17.9. The van der Waals surface area contributed by atoms with Crippen LogP contribution in [0.1, 0.15) is 10.4 Å². The number of benzene rings is 2. The molecule has 1 amide bonds. The topological polar surface area (TPSA) is 95.3 Å². The van der Waals surface area contributed by atoms with Gasteiger partial charge in [0.25, 0.3) is 5.91 Å². The van der Waals surface area contributed by atoms with Crippen molar-refractivity contribution in [1.82, 2.24) is 14.5 Å². The second-order valence-electron chi connectivity index (χ2n) is 8.20. The predicted octanol–water partition coefficient (Wildman–Crippen LogP) is 5.61. The van der Waals surface area contributed by atoms with Gasteiger partial charge in [-0.3, -0.25) is 14.6 Å². The van der Waals surface area contributed by atoms with Crippen LogP contribution in [-0.4, -0.2) is 27.6 Å². The third-order valence-corrected chi connectivity index (χ3v) is 5.64. The van der Waals surface area contributed by atoms with E-state index in [1.165, 1.54) is 37.8 Å². The van der Waals surface area contributed by atoms with E-state index in [9.17, 15) is 14.0 Å². The number of hydrogen-bond acceptors (Lipinski definition) is 6. The Bertz CT molecular complexity index is 1690. The lowest BCUT2D eigenvalue weighted by Gasteiger charge is -2.12. The molecule has 0 aliphatic carbocycles. The second-order valence-corrected chi connectivity index (χ2v) is 8.20. The van der Waals surface area contributed by atoms with Gasteiger partial charge in [-0.25, -0.2) is 9.37 Å². The first-order valence-corrected chi connectivity index (χ1v) is 11.3. The van der Waals surface area contributed by atoms with E-state index < -0.39 is 17.2 Å². The van der Waals surface area contributed by atoms with E-state index in [1.54, 1.807) is 42.1 Å². The van der Waals surface area contributed by atoms with Gasteiger partial charge in [0, 0.05) is 55.1 Å². The summed E-state index contributed by atoms with van der Waals surface area (Å²) >= 11 is 0. The number of nitrogens with zero attached hydrogens (tertiary/aromatic N) is 3. The zero-order chi connectivity index (χ0) is 25.9. The van der Waals surface area contributed by atoms with Crippen molar-refractivity contribution < 1.29 is 18.7 Å². The van der Waals surface area contributed by atoms with Crippen LogP contribution >= 0.6 is 12.4 Å². The molecular weight excluding hydrogens is 511 g/mol. The molecule has 0 spiro atoms. The Hall–Kier alpha value is -4.76. The molecular formula is C28H22ClFN4O4. The first-order valence-electron chi connectivity index (χ1n) is 11.3. The number of carbonyl (C=O) groups is 1. The Kier molecular flexibility index (Phi) is 7.68. The molecule has 0 aliphatic rings. The van der Waals surface area contributed by atoms with Crippen LogP contribution in [0.25, 0.3) is 22.2 Å². The molecule has 0 radical (unpaired) electrons. The number of carbonyl (C=O) groups excluding carboxylic acids is 1. The molecule has 0 aliphatic heterocycles. The summed E-state index contributed by atoms with van der Waals surface area (Å²) in [6.07, 6.45) is 6.14. The van der Waals surface area contributed by atoms with Crippen LogP contribution in [0.15, 0.2) is 90.2 Å². The largest absolute Gasteiger partial charge is 0.495 e. The molecule has 0 saturated carbocycles. The number of halogens is 2. The number of nitrogens with one attached hydrogen (secondary N) is 1. The average Bonchev–Trinajstić information content (AvgIpc) is 2.91. The molecule has 1 N–H and O–H groups in total. The number of ether oxygens (including phenoxy) is 2. The minimum atomic E-state index is -0.706. The van der Waals surface area contributed by atoms with E-state index >= 15 is 0 Å². The lowest BCUT2D eigenvalue weighted by atomic mass is 10.0. The highest BCUT2D eigenvalue weighted by molar-refractivity contribution is 6.04. The first kappa shape index (κ1) is 26.3. The number of amides is 1. The minimum Gasteiger partial charge on any atom is -0.495 e. The van der Waals surface area contributed by atoms with Crippen LogP contribution in [0.4, 0.5) is 10.1 Å². The van der Waals surface area contributed by atoms with Crippen molar-refractivity contribution in [3.05, 3.63) is 107 Å². The summed E-state index contributed by atoms with van der Waals surface area (Å²) in [6, 6.07) is 16.3. The lowest BCUT2D eigenvalue weighted by Crippen LogP contribution is -2.24. The smallest absolute Gasteiger partial charge is 0.261 e. The van der Waals surface area contributed by atoms with Crippen molar-refractivity contribution in [2.45, 2.75) is 0 Å². The Labute approximate surface area is 223 Å². The second kappa shape index (κ2) is 11.1. The molecule has 2 aromatic carbocycles. The maximum Gasteiger partial charge on any atom is 0.261 e. The molecule has 0 bridgehead atoms. The maximum absolute atomic E-state index is 14.9.